The van der Waals surface area contributed by atoms with E-state index in [-0.39, 0.29) is 5.56 Å². The van der Waals surface area contributed by atoms with E-state index in [0.717, 1.165) is 11.3 Å². The highest BCUT2D eigenvalue weighted by Gasteiger charge is 2.29. The largest absolute Gasteiger partial charge is 0.480 e. The molecular formula is C16H14ClN5O3. The fraction of sp³-hybridized carbons (Fsp3) is 0.188. The molecule has 0 radical (unpaired) electrons. The van der Waals surface area contributed by atoms with E-state index in [1.54, 1.807) is 23.5 Å². The maximum Gasteiger partial charge on any atom is 0.326 e. The zero-order valence-corrected chi connectivity index (χ0v) is 13.7. The molecule has 0 bridgehead atoms. The van der Waals surface area contributed by atoms with Gasteiger partial charge < -0.3 is 5.11 Å². The summed E-state index contributed by atoms with van der Waals surface area (Å²) >= 11 is 6.15. The standard InChI is InChI=1S/C16H14ClN5O3/c17-10-1-3-13(21-8-18-19-20-21)12(7-10)9-5-11-2-4-14(16(24)25)22(11)15(23)6-9/h1,3,5-8,14,19-20H,2,4H2,(H,24,25). The maximum absolute atomic E-state index is 12.5. The van der Waals surface area contributed by atoms with E-state index in [2.05, 4.69) is 16.2 Å². The summed E-state index contributed by atoms with van der Waals surface area (Å²) in [5, 5.41) is 15.4. The average Bonchev–Trinajstić information content (AvgIpc) is 3.24. The number of anilines is 1. The normalized spacial score (nSPS) is 18.3. The second-order valence-electron chi connectivity index (χ2n) is 5.84. The van der Waals surface area contributed by atoms with E-state index in [0.29, 0.717) is 29.1 Å². The molecule has 9 heteroatoms. The zero-order chi connectivity index (χ0) is 17.6. The van der Waals surface area contributed by atoms with Crippen molar-refractivity contribution in [2.24, 2.45) is 5.10 Å². The van der Waals surface area contributed by atoms with Crippen molar-refractivity contribution in [3.63, 3.8) is 0 Å². The van der Waals surface area contributed by atoms with Crippen LogP contribution in [0, 0.1) is 0 Å². The first-order valence-electron chi connectivity index (χ1n) is 7.66. The molecule has 4 rings (SSSR count). The quantitative estimate of drug-likeness (QED) is 0.768. The number of aliphatic carboxylic acids is 1. The van der Waals surface area contributed by atoms with Crippen molar-refractivity contribution in [1.29, 1.82) is 0 Å². The molecule has 3 N–H and O–H groups in total. The molecule has 1 atom stereocenters. The van der Waals surface area contributed by atoms with Crippen LogP contribution in [0.2, 0.25) is 5.02 Å². The van der Waals surface area contributed by atoms with Crippen LogP contribution in [0.25, 0.3) is 11.1 Å². The Labute approximate surface area is 147 Å². The summed E-state index contributed by atoms with van der Waals surface area (Å²) in [6, 6.07) is 7.82. The molecule has 0 saturated heterocycles. The number of pyridine rings is 1. The lowest BCUT2D eigenvalue weighted by atomic mass is 10.0. The second-order valence-corrected chi connectivity index (χ2v) is 6.27. The minimum Gasteiger partial charge on any atom is -0.480 e. The number of aromatic nitrogens is 1. The van der Waals surface area contributed by atoms with Crippen LogP contribution in [-0.2, 0) is 11.2 Å². The lowest BCUT2D eigenvalue weighted by Gasteiger charge is -2.19. The van der Waals surface area contributed by atoms with Gasteiger partial charge in [-0.25, -0.2) is 15.3 Å². The van der Waals surface area contributed by atoms with Crippen molar-refractivity contribution < 1.29 is 9.90 Å². The van der Waals surface area contributed by atoms with Crippen LogP contribution in [0.4, 0.5) is 5.69 Å². The average molecular weight is 360 g/mol. The van der Waals surface area contributed by atoms with Crippen LogP contribution in [0.3, 0.4) is 0 Å². The number of hydrazine groups is 2. The molecule has 2 aliphatic heterocycles. The highest BCUT2D eigenvalue weighted by Crippen LogP contribution is 2.34. The first kappa shape index (κ1) is 15.7. The van der Waals surface area contributed by atoms with Gasteiger partial charge in [0.05, 0.1) is 5.69 Å². The van der Waals surface area contributed by atoms with Gasteiger partial charge in [-0.05, 0) is 42.7 Å². The highest BCUT2D eigenvalue weighted by atomic mass is 35.5. The number of carbonyl (C=O) groups is 1. The molecule has 128 valence electrons. The Kier molecular flexibility index (Phi) is 3.70. The van der Waals surface area contributed by atoms with Gasteiger partial charge in [-0.1, -0.05) is 11.6 Å². The van der Waals surface area contributed by atoms with Crippen molar-refractivity contribution in [2.45, 2.75) is 18.9 Å². The fourth-order valence-corrected chi connectivity index (χ4v) is 3.43. The summed E-state index contributed by atoms with van der Waals surface area (Å²) in [6.07, 6.45) is 2.52. The lowest BCUT2D eigenvalue weighted by Crippen LogP contribution is -2.37. The monoisotopic (exact) mass is 359 g/mol. The number of halogens is 1. The zero-order valence-electron chi connectivity index (χ0n) is 12.9. The summed E-state index contributed by atoms with van der Waals surface area (Å²) in [6.45, 7) is 0. The summed E-state index contributed by atoms with van der Waals surface area (Å²) in [7, 11) is 0. The van der Waals surface area contributed by atoms with E-state index < -0.39 is 12.0 Å². The van der Waals surface area contributed by atoms with Crippen molar-refractivity contribution in [1.82, 2.24) is 15.6 Å². The molecule has 2 aromatic rings. The molecule has 8 nitrogen and oxygen atoms in total. The smallest absolute Gasteiger partial charge is 0.326 e. The van der Waals surface area contributed by atoms with Gasteiger partial charge in [-0.3, -0.25) is 9.36 Å². The van der Waals surface area contributed by atoms with Crippen molar-refractivity contribution in [3.8, 4) is 11.1 Å². The van der Waals surface area contributed by atoms with Crippen molar-refractivity contribution >= 4 is 29.6 Å². The van der Waals surface area contributed by atoms with Crippen LogP contribution < -0.4 is 21.6 Å². The van der Waals surface area contributed by atoms with Crippen LogP contribution in [0.15, 0.2) is 40.2 Å². The molecule has 0 amide bonds. The molecule has 25 heavy (non-hydrogen) atoms. The third kappa shape index (κ3) is 2.65. The van der Waals surface area contributed by atoms with E-state index in [4.69, 9.17) is 11.6 Å². The third-order valence-corrected chi connectivity index (χ3v) is 4.59. The van der Waals surface area contributed by atoms with Gasteiger partial charge in [0, 0.05) is 22.3 Å². The molecule has 3 heterocycles. The molecule has 0 saturated carbocycles. The number of hydrogen-bond acceptors (Lipinski definition) is 6. The summed E-state index contributed by atoms with van der Waals surface area (Å²) < 4.78 is 1.35. The maximum atomic E-state index is 12.5. The first-order valence-corrected chi connectivity index (χ1v) is 8.03. The second kappa shape index (κ2) is 5.91. The van der Waals surface area contributed by atoms with E-state index in [1.807, 2.05) is 12.1 Å². The van der Waals surface area contributed by atoms with E-state index in [1.165, 1.54) is 10.6 Å². The van der Waals surface area contributed by atoms with Crippen LogP contribution in [0.5, 0.6) is 0 Å². The minimum absolute atomic E-state index is 0.329. The van der Waals surface area contributed by atoms with Gasteiger partial charge in [0.2, 0.25) is 0 Å². The Morgan fingerprint density at radius 3 is 2.88 bits per heavy atom. The van der Waals surface area contributed by atoms with Gasteiger partial charge in [-0.15, -0.1) is 5.53 Å². The number of fused-ring (bicyclic) bond motifs is 1. The number of hydrogen-bond donors (Lipinski definition) is 3. The van der Waals surface area contributed by atoms with Gasteiger partial charge in [0.25, 0.3) is 5.56 Å². The number of nitrogens with one attached hydrogen (secondary N) is 2. The molecule has 1 aromatic carbocycles. The molecule has 2 aliphatic rings. The van der Waals surface area contributed by atoms with E-state index >= 15 is 0 Å². The van der Waals surface area contributed by atoms with Gasteiger partial charge in [-0.2, -0.15) is 5.10 Å². The minimum atomic E-state index is -0.986. The Hall–Kier alpha value is -2.84. The topological polar surface area (TPSA) is 99.0 Å². The molecule has 0 spiro atoms. The van der Waals surface area contributed by atoms with Gasteiger partial charge in [0.1, 0.15) is 12.4 Å². The Morgan fingerprint density at radius 2 is 2.16 bits per heavy atom. The number of nitrogens with zero attached hydrogens (tertiary/aromatic N) is 3. The number of carboxylic acids is 1. The Bertz CT molecular complexity index is 955. The summed E-state index contributed by atoms with van der Waals surface area (Å²) in [4.78, 5) is 23.9. The highest BCUT2D eigenvalue weighted by molar-refractivity contribution is 6.31. The van der Waals surface area contributed by atoms with Crippen molar-refractivity contribution in [3.05, 3.63) is 51.4 Å². The molecule has 1 unspecified atom stereocenters. The number of hydrazone groups is 1. The molecule has 0 aliphatic carbocycles. The predicted octanol–water partition coefficient (Wildman–Crippen LogP) is 1.51. The lowest BCUT2D eigenvalue weighted by molar-refractivity contribution is -0.140. The number of rotatable bonds is 3. The number of carboxylic acid groups (broad SMARTS) is 1. The first-order chi connectivity index (χ1) is 12.0. The number of aryl methyl sites for hydroxylation is 1. The predicted molar refractivity (Wildman–Crippen MR) is 93.4 cm³/mol. The fourth-order valence-electron chi connectivity index (χ4n) is 3.25. The molecule has 1 aromatic heterocycles. The number of benzene rings is 1. The Balaban J connectivity index is 1.85. The third-order valence-electron chi connectivity index (χ3n) is 4.36. The van der Waals surface area contributed by atoms with Crippen molar-refractivity contribution in [2.75, 3.05) is 5.01 Å². The van der Waals surface area contributed by atoms with Crippen LogP contribution in [0.1, 0.15) is 18.2 Å². The van der Waals surface area contributed by atoms with Gasteiger partial charge in [0.15, 0.2) is 0 Å². The summed E-state index contributed by atoms with van der Waals surface area (Å²) in [5.41, 5.74) is 8.03. The van der Waals surface area contributed by atoms with Crippen LogP contribution in [-0.4, -0.2) is 22.0 Å². The van der Waals surface area contributed by atoms with Gasteiger partial charge >= 0.3 is 5.97 Å². The SMILES string of the molecule is O=C(O)C1CCc2cc(-c3cc(Cl)ccc3N3C=NNN3)cc(=O)n21. The van der Waals surface area contributed by atoms with E-state index in [9.17, 15) is 14.7 Å². The molecular weight excluding hydrogens is 346 g/mol. The van der Waals surface area contributed by atoms with Crippen LogP contribution >= 0.6 is 11.6 Å². The Morgan fingerprint density at radius 1 is 1.32 bits per heavy atom. The summed E-state index contributed by atoms with van der Waals surface area (Å²) in [5.74, 6) is -0.986. The molecule has 0 fully saturated rings.